The van der Waals surface area contributed by atoms with E-state index in [4.69, 9.17) is 0 Å². The SMILES string of the molecule is O=C1N=NC=C1c1ccccc1C=Cc1ccccc1. The monoisotopic (exact) mass is 260 g/mol. The first-order valence-corrected chi connectivity index (χ1v) is 6.32. The third-order valence-corrected chi connectivity index (χ3v) is 3.07. The minimum Gasteiger partial charge on any atom is -0.265 e. The molecule has 1 heterocycles. The molecular weight excluding hydrogens is 248 g/mol. The van der Waals surface area contributed by atoms with Crippen LogP contribution in [0.4, 0.5) is 0 Å². The van der Waals surface area contributed by atoms with Crippen molar-refractivity contribution in [2.75, 3.05) is 0 Å². The van der Waals surface area contributed by atoms with Crippen LogP contribution in [-0.2, 0) is 4.79 Å². The van der Waals surface area contributed by atoms with Gasteiger partial charge in [0.1, 0.15) is 0 Å². The Morgan fingerprint density at radius 1 is 0.850 bits per heavy atom. The number of nitrogens with zero attached hydrogens (tertiary/aromatic N) is 2. The van der Waals surface area contributed by atoms with Gasteiger partial charge in [-0.1, -0.05) is 66.7 Å². The summed E-state index contributed by atoms with van der Waals surface area (Å²) in [4.78, 5) is 11.6. The van der Waals surface area contributed by atoms with Gasteiger partial charge in [0, 0.05) is 0 Å². The molecule has 3 rings (SSSR count). The molecule has 3 nitrogen and oxygen atoms in total. The Bertz CT molecular complexity index is 728. The van der Waals surface area contributed by atoms with Crippen molar-refractivity contribution < 1.29 is 4.79 Å². The highest BCUT2D eigenvalue weighted by Crippen LogP contribution is 2.25. The van der Waals surface area contributed by atoms with Crippen LogP contribution in [0.5, 0.6) is 0 Å². The molecule has 0 bridgehead atoms. The van der Waals surface area contributed by atoms with Gasteiger partial charge in [0.05, 0.1) is 11.8 Å². The van der Waals surface area contributed by atoms with Gasteiger partial charge >= 0.3 is 0 Å². The van der Waals surface area contributed by atoms with Crippen molar-refractivity contribution in [3.63, 3.8) is 0 Å². The highest BCUT2D eigenvalue weighted by molar-refractivity contribution is 6.21. The molecule has 20 heavy (non-hydrogen) atoms. The van der Waals surface area contributed by atoms with Crippen LogP contribution in [0.3, 0.4) is 0 Å². The summed E-state index contributed by atoms with van der Waals surface area (Å²) in [6.07, 6.45) is 5.53. The molecule has 0 aliphatic carbocycles. The maximum atomic E-state index is 11.6. The van der Waals surface area contributed by atoms with Crippen molar-refractivity contribution in [1.82, 2.24) is 0 Å². The normalized spacial score (nSPS) is 14.0. The number of azo groups is 1. The number of rotatable bonds is 3. The van der Waals surface area contributed by atoms with E-state index in [0.29, 0.717) is 5.57 Å². The zero-order chi connectivity index (χ0) is 13.8. The van der Waals surface area contributed by atoms with E-state index < -0.39 is 0 Å². The van der Waals surface area contributed by atoms with E-state index in [2.05, 4.69) is 10.2 Å². The van der Waals surface area contributed by atoms with Gasteiger partial charge in [-0.15, -0.1) is 5.11 Å². The molecule has 0 saturated heterocycles. The van der Waals surface area contributed by atoms with Crippen LogP contribution in [0, 0.1) is 0 Å². The van der Waals surface area contributed by atoms with Crippen molar-refractivity contribution in [2.45, 2.75) is 0 Å². The predicted octanol–water partition coefficient (Wildman–Crippen LogP) is 4.19. The Labute approximate surface area is 117 Å². The lowest BCUT2D eigenvalue weighted by molar-refractivity contribution is -0.112. The lowest BCUT2D eigenvalue weighted by Gasteiger charge is -2.04. The van der Waals surface area contributed by atoms with E-state index in [1.54, 1.807) is 0 Å². The first-order chi connectivity index (χ1) is 9.84. The minimum atomic E-state index is -0.287. The molecule has 3 heteroatoms. The van der Waals surface area contributed by atoms with E-state index in [0.717, 1.165) is 16.7 Å². The fraction of sp³-hybridized carbons (Fsp3) is 0. The molecule has 2 aromatic rings. The number of amides is 1. The first kappa shape index (κ1) is 12.2. The standard InChI is InChI=1S/C17H12N2O/c20-17-16(12-18-19-17)15-9-5-4-8-14(15)11-10-13-6-2-1-3-7-13/h1-12H. The summed E-state index contributed by atoms with van der Waals surface area (Å²) < 4.78 is 0. The molecular formula is C17H12N2O. The molecule has 1 aliphatic rings. The van der Waals surface area contributed by atoms with Crippen LogP contribution in [0.15, 0.2) is 71.0 Å². The Hall–Kier alpha value is -2.81. The molecule has 0 radical (unpaired) electrons. The number of benzene rings is 2. The first-order valence-electron chi connectivity index (χ1n) is 6.32. The zero-order valence-electron chi connectivity index (χ0n) is 10.7. The lowest BCUT2D eigenvalue weighted by atomic mass is 9.99. The molecule has 0 aromatic heterocycles. The Morgan fingerprint density at radius 2 is 1.60 bits per heavy atom. The van der Waals surface area contributed by atoms with Crippen molar-refractivity contribution in [1.29, 1.82) is 0 Å². The second kappa shape index (κ2) is 5.45. The highest BCUT2D eigenvalue weighted by atomic mass is 16.2. The van der Waals surface area contributed by atoms with Gasteiger partial charge in [-0.3, -0.25) is 4.79 Å². The Kier molecular flexibility index (Phi) is 3.33. The molecule has 0 saturated carbocycles. The van der Waals surface area contributed by atoms with Crippen LogP contribution in [0.2, 0.25) is 0 Å². The van der Waals surface area contributed by atoms with Crippen LogP contribution in [0.25, 0.3) is 17.7 Å². The van der Waals surface area contributed by atoms with Gasteiger partial charge in [-0.05, 0) is 16.7 Å². The van der Waals surface area contributed by atoms with Crippen molar-refractivity contribution in [2.24, 2.45) is 10.2 Å². The van der Waals surface area contributed by atoms with E-state index >= 15 is 0 Å². The molecule has 0 unspecified atom stereocenters. The smallest absolute Gasteiger partial charge is 0.265 e. The van der Waals surface area contributed by atoms with Gasteiger partial charge in [-0.25, -0.2) is 0 Å². The second-order valence-corrected chi connectivity index (χ2v) is 4.39. The van der Waals surface area contributed by atoms with Crippen LogP contribution < -0.4 is 0 Å². The molecule has 0 spiro atoms. The Morgan fingerprint density at radius 3 is 2.35 bits per heavy atom. The van der Waals surface area contributed by atoms with Crippen LogP contribution in [-0.4, -0.2) is 5.91 Å². The third kappa shape index (κ3) is 2.47. The molecule has 96 valence electrons. The molecule has 0 N–H and O–H groups in total. The number of carbonyl (C=O) groups is 1. The minimum absolute atomic E-state index is 0.287. The average Bonchev–Trinajstić information content (AvgIpc) is 2.92. The van der Waals surface area contributed by atoms with Gasteiger partial charge in [0.15, 0.2) is 0 Å². The summed E-state index contributed by atoms with van der Waals surface area (Å²) >= 11 is 0. The topological polar surface area (TPSA) is 41.8 Å². The fourth-order valence-corrected chi connectivity index (χ4v) is 2.07. The summed E-state index contributed by atoms with van der Waals surface area (Å²) in [7, 11) is 0. The average molecular weight is 260 g/mol. The number of hydrogen-bond acceptors (Lipinski definition) is 2. The highest BCUT2D eigenvalue weighted by Gasteiger charge is 2.17. The maximum Gasteiger partial charge on any atom is 0.297 e. The van der Waals surface area contributed by atoms with Crippen LogP contribution in [0.1, 0.15) is 16.7 Å². The van der Waals surface area contributed by atoms with E-state index in [1.807, 2.05) is 66.7 Å². The molecule has 0 fully saturated rings. The molecule has 2 aromatic carbocycles. The van der Waals surface area contributed by atoms with Crippen LogP contribution >= 0.6 is 0 Å². The van der Waals surface area contributed by atoms with Crippen molar-refractivity contribution in [3.8, 4) is 0 Å². The van der Waals surface area contributed by atoms with E-state index in [1.165, 1.54) is 6.20 Å². The van der Waals surface area contributed by atoms with Crippen molar-refractivity contribution >= 4 is 23.6 Å². The Balaban J connectivity index is 1.95. The zero-order valence-corrected chi connectivity index (χ0v) is 10.7. The van der Waals surface area contributed by atoms with Gasteiger partial charge in [0.25, 0.3) is 5.91 Å². The van der Waals surface area contributed by atoms with Crippen molar-refractivity contribution in [3.05, 3.63) is 77.5 Å². The summed E-state index contributed by atoms with van der Waals surface area (Å²) in [5, 5.41) is 7.19. The van der Waals surface area contributed by atoms with Gasteiger partial charge in [0.2, 0.25) is 0 Å². The summed E-state index contributed by atoms with van der Waals surface area (Å²) in [5.74, 6) is -0.287. The molecule has 1 amide bonds. The van der Waals surface area contributed by atoms with Gasteiger partial charge < -0.3 is 0 Å². The van der Waals surface area contributed by atoms with Gasteiger partial charge in [-0.2, -0.15) is 5.11 Å². The second-order valence-electron chi connectivity index (χ2n) is 4.39. The maximum absolute atomic E-state index is 11.6. The fourth-order valence-electron chi connectivity index (χ4n) is 2.07. The summed E-state index contributed by atoms with van der Waals surface area (Å²) in [6, 6.07) is 17.8. The largest absolute Gasteiger partial charge is 0.297 e. The third-order valence-electron chi connectivity index (χ3n) is 3.07. The molecule has 1 aliphatic heterocycles. The quantitative estimate of drug-likeness (QED) is 0.763. The number of hydrogen-bond donors (Lipinski definition) is 0. The lowest BCUT2D eigenvalue weighted by Crippen LogP contribution is -1.96. The summed E-state index contributed by atoms with van der Waals surface area (Å²) in [6.45, 7) is 0. The van der Waals surface area contributed by atoms with E-state index in [9.17, 15) is 4.79 Å². The number of carbonyl (C=O) groups excluding carboxylic acids is 1. The summed E-state index contributed by atoms with van der Waals surface area (Å²) in [5.41, 5.74) is 3.49. The van der Waals surface area contributed by atoms with E-state index in [-0.39, 0.29) is 5.91 Å². The molecule has 0 atom stereocenters. The predicted molar refractivity (Wildman–Crippen MR) is 79.7 cm³/mol.